The van der Waals surface area contributed by atoms with E-state index >= 15 is 19.2 Å². The third-order valence-electron chi connectivity index (χ3n) is 18.5. The van der Waals surface area contributed by atoms with Gasteiger partial charge in [0.05, 0.1) is 25.6 Å². The second-order valence-corrected chi connectivity index (χ2v) is 28.3. The Hall–Kier alpha value is -13.0. The van der Waals surface area contributed by atoms with Crippen LogP contribution in [0.3, 0.4) is 0 Å². The summed E-state index contributed by atoms with van der Waals surface area (Å²) in [5.41, 5.74) is 26.4. The molecule has 0 aromatic heterocycles. The Morgan fingerprint density at radius 3 is 1.27 bits per heavy atom. The van der Waals surface area contributed by atoms with Crippen molar-refractivity contribution in [3.8, 4) is 5.75 Å². The molecule has 34 nitrogen and oxygen atoms in total. The highest BCUT2D eigenvalue weighted by atomic mass is 16.4. The second kappa shape index (κ2) is 46.7. The molecule has 115 heavy (non-hydrogen) atoms. The Morgan fingerprint density at radius 1 is 0.391 bits per heavy atom. The van der Waals surface area contributed by atoms with Crippen LogP contribution < -0.4 is 92.1 Å². The lowest BCUT2D eigenvalue weighted by atomic mass is 9.99. The lowest BCUT2D eigenvalue weighted by Crippen LogP contribution is -2.61. The van der Waals surface area contributed by atoms with Gasteiger partial charge in [0.15, 0.2) is 11.9 Å². The minimum Gasteiger partial charge on any atom is -0.508 e. The van der Waals surface area contributed by atoms with Gasteiger partial charge in [-0.05, 0) is 102 Å². The van der Waals surface area contributed by atoms with E-state index in [0.717, 1.165) is 16.3 Å². The molecule has 12 amide bonds. The van der Waals surface area contributed by atoms with Gasteiger partial charge in [0.1, 0.15) is 60.1 Å². The molecule has 0 aliphatic heterocycles. The summed E-state index contributed by atoms with van der Waals surface area (Å²) in [6.45, 7) is 5.82. The number of rotatable bonds is 47. The molecule has 0 aliphatic carbocycles. The van der Waals surface area contributed by atoms with Crippen molar-refractivity contribution in [1.29, 1.82) is 10.8 Å². The van der Waals surface area contributed by atoms with Crippen LogP contribution in [0.2, 0.25) is 0 Å². The van der Waals surface area contributed by atoms with E-state index < -0.39 is 175 Å². The number of carboxylic acids is 1. The highest BCUT2D eigenvalue weighted by Gasteiger charge is 2.37. The van der Waals surface area contributed by atoms with Crippen LogP contribution in [0, 0.1) is 23.7 Å². The molecule has 6 aromatic carbocycles. The smallest absolute Gasteiger partial charge is 0.305 e. The van der Waals surface area contributed by atoms with Gasteiger partial charge in [-0.3, -0.25) is 73.1 Å². The predicted octanol–water partition coefficient (Wildman–Crippen LogP) is -0.377. The van der Waals surface area contributed by atoms with E-state index in [1.165, 1.54) is 12.1 Å². The number of aliphatic carboxylic acids is 1. The van der Waals surface area contributed by atoms with Crippen molar-refractivity contribution in [1.82, 2.24) is 69.1 Å². The summed E-state index contributed by atoms with van der Waals surface area (Å²) in [7, 11) is 0. The first kappa shape index (κ1) is 90.9. The molecule has 0 saturated carbocycles. The molecular weight excluding hydrogens is 1480 g/mol. The topological polar surface area (TPSA) is 571 Å². The fourth-order valence-corrected chi connectivity index (χ4v) is 12.3. The second-order valence-electron chi connectivity index (χ2n) is 28.3. The average Bonchev–Trinajstić information content (AvgIpc) is 0.866. The van der Waals surface area contributed by atoms with Crippen molar-refractivity contribution in [2.75, 3.05) is 26.2 Å². The van der Waals surface area contributed by atoms with Gasteiger partial charge >= 0.3 is 5.97 Å². The van der Waals surface area contributed by atoms with Gasteiger partial charge in [0.25, 0.3) is 0 Å². The fourth-order valence-electron chi connectivity index (χ4n) is 12.3. The number of unbranched alkanes of at least 4 members (excludes halogenated alkanes) is 1. The zero-order chi connectivity index (χ0) is 84.1. The van der Waals surface area contributed by atoms with E-state index in [9.17, 15) is 53.4 Å². The molecule has 0 radical (unpaired) electrons. The largest absolute Gasteiger partial charge is 0.508 e. The standard InChI is InChI=1S/C81H107N19O15/c1-5-6-23-58(95-79(115)69(47(2)3)100-70(106)57(82)39-51-31-34-56(101)35-32-51)71(107)91-46-67(103)92-62(42-52-28-26-48(4)27-29-52)75(111)98-63(41-50-19-11-8-12-20-50)76(112)93-60(25-16-37-89-81(86)87)74(110)97-64(43-53-30-33-54-21-13-14-22-55(54)38-53)77(113)99-65(44-68(104)105)78(114)94-59(24-15-36-88-80(84)85)73(109)96-61(72(108)90-45-66(83)102)40-49-17-9-7-10-18-49/h7-14,17-22,26-35,38,47,57-65,69,101H,5-6,15-16,23-25,36-37,39-46,82H2,1-4H3,(H2,83,102)(H,90,108)(H,91,107)(H,92,103)(H,93,112)(H,94,114)(H,95,115)(H,96,109)(H,97,110)(H,98,111)(H,99,113)(H,100,106)(H,104,105)(H4,84,85,88)(H4,86,87,89)/t57-,58-,59-,60-,61-,62-,63-,64-,65-,69-/m0/s1. The Kier molecular flexibility index (Phi) is 36.9. The number of primary amides is 1. The monoisotopic (exact) mass is 1590 g/mol. The molecule has 0 aliphatic rings. The maximum Gasteiger partial charge on any atom is 0.305 e. The van der Waals surface area contributed by atoms with Crippen molar-refractivity contribution in [2.45, 2.75) is 172 Å². The van der Waals surface area contributed by atoms with Crippen molar-refractivity contribution in [3.05, 3.63) is 185 Å². The highest BCUT2D eigenvalue weighted by Crippen LogP contribution is 2.19. The van der Waals surface area contributed by atoms with Crippen molar-refractivity contribution in [3.63, 3.8) is 0 Å². The van der Waals surface area contributed by atoms with Crippen LogP contribution in [0.15, 0.2) is 152 Å². The number of aryl methyl sites for hydroxylation is 1. The van der Waals surface area contributed by atoms with Crippen molar-refractivity contribution in [2.24, 2.45) is 28.9 Å². The van der Waals surface area contributed by atoms with Gasteiger partial charge < -0.3 is 102 Å². The number of nitrogens with two attached hydrogens (primary N) is 4. The molecule has 10 atom stereocenters. The molecule has 0 heterocycles. The molecule has 6 rings (SSSR count). The number of hydrogen-bond donors (Lipinski definition) is 21. The number of benzene rings is 6. The fraction of sp³-hybridized carbons (Fsp3) is 0.395. The van der Waals surface area contributed by atoms with Gasteiger partial charge in [0.2, 0.25) is 70.9 Å². The van der Waals surface area contributed by atoms with Gasteiger partial charge in [0, 0.05) is 38.8 Å². The molecule has 0 spiro atoms. The number of carbonyl (C=O) groups excluding carboxylic acids is 12. The first-order chi connectivity index (χ1) is 54.8. The maximum atomic E-state index is 15.2. The molecule has 616 valence electrons. The van der Waals surface area contributed by atoms with E-state index in [-0.39, 0.29) is 83.0 Å². The number of phenolic OH excluding ortho intramolecular Hbond substituents is 1. The van der Waals surface area contributed by atoms with Crippen LogP contribution in [0.25, 0.3) is 10.8 Å². The quantitative estimate of drug-likeness (QED) is 0.0132. The first-order valence-corrected chi connectivity index (χ1v) is 37.9. The zero-order valence-corrected chi connectivity index (χ0v) is 64.8. The number of carbonyl (C=O) groups is 13. The van der Waals surface area contributed by atoms with Gasteiger partial charge in [-0.15, -0.1) is 0 Å². The van der Waals surface area contributed by atoms with Gasteiger partial charge in [-0.25, -0.2) is 0 Å². The van der Waals surface area contributed by atoms with E-state index in [4.69, 9.17) is 33.8 Å². The summed E-state index contributed by atoms with van der Waals surface area (Å²) >= 11 is 0. The normalized spacial score (nSPS) is 13.6. The molecule has 34 heteroatoms. The van der Waals surface area contributed by atoms with Crippen LogP contribution in [0.5, 0.6) is 5.75 Å². The summed E-state index contributed by atoms with van der Waals surface area (Å²) in [5, 5.41) is 71.1. The SMILES string of the molecule is CCCC[C@H](NC(=O)[C@@H](NC(=O)[C@@H](N)Cc1ccc(O)cc1)C(C)C)C(=O)NCC(=O)N[C@@H](Cc1ccc(C)cc1)C(=O)N[C@@H](Cc1ccccc1)C(=O)N[C@@H](CCCNC(=N)N)C(=O)N[C@@H](Cc1ccc2ccccc2c1)C(=O)N[C@@H](CC(=O)O)C(=O)N[C@@H](CCCNC(=N)N)C(=O)N[C@@H](Cc1ccccc1)C(=O)NCC(N)=O. The third kappa shape index (κ3) is 32.3. The molecule has 25 N–H and O–H groups in total. The molecule has 6 aromatic rings. The maximum absolute atomic E-state index is 15.2. The number of nitrogens with one attached hydrogen (secondary N) is 15. The Balaban J connectivity index is 1.28. The molecule has 0 saturated heterocycles. The van der Waals surface area contributed by atoms with Crippen LogP contribution in [0.1, 0.15) is 106 Å². The summed E-state index contributed by atoms with van der Waals surface area (Å²) < 4.78 is 0. The van der Waals surface area contributed by atoms with Crippen LogP contribution in [0.4, 0.5) is 0 Å². The molecule has 0 fully saturated rings. The Bertz CT molecular complexity index is 4330. The van der Waals surface area contributed by atoms with Crippen LogP contribution in [-0.4, -0.2) is 186 Å². The average molecular weight is 1590 g/mol. The summed E-state index contributed by atoms with van der Waals surface area (Å²) in [6, 6.07) is 27.9. The Morgan fingerprint density at radius 2 is 0.774 bits per heavy atom. The molecule has 0 bridgehead atoms. The van der Waals surface area contributed by atoms with Crippen LogP contribution in [-0.2, 0) is 94.4 Å². The summed E-state index contributed by atoms with van der Waals surface area (Å²) in [5.74, 6) is -13.6. The van der Waals surface area contributed by atoms with E-state index in [0.29, 0.717) is 40.7 Å². The van der Waals surface area contributed by atoms with Gasteiger partial charge in [-0.1, -0.05) is 179 Å². The number of fused-ring (bicyclic) bond motifs is 1. The lowest BCUT2D eigenvalue weighted by molar-refractivity contribution is -0.141. The minimum atomic E-state index is -1.98. The van der Waals surface area contributed by atoms with Crippen LogP contribution >= 0.6 is 0 Å². The van der Waals surface area contributed by atoms with E-state index in [1.54, 1.807) is 141 Å². The molecular formula is C81H107N19O15. The highest BCUT2D eigenvalue weighted by molar-refractivity contribution is 6.00. The van der Waals surface area contributed by atoms with E-state index in [2.05, 4.69) is 69.1 Å². The third-order valence-corrected chi connectivity index (χ3v) is 18.5. The number of hydrogen-bond acceptors (Lipinski definition) is 17. The zero-order valence-electron chi connectivity index (χ0n) is 64.8. The van der Waals surface area contributed by atoms with Gasteiger partial charge in [-0.2, -0.15) is 0 Å². The van der Waals surface area contributed by atoms with E-state index in [1.807, 2.05) is 26.0 Å². The number of carboxylic acid groups (broad SMARTS) is 1. The lowest BCUT2D eigenvalue weighted by Gasteiger charge is -2.28. The number of aromatic hydroxyl groups is 1. The predicted molar refractivity (Wildman–Crippen MR) is 430 cm³/mol. The number of phenols is 1. The minimum absolute atomic E-state index is 0.00495. The number of amides is 12. The van der Waals surface area contributed by atoms with Crippen molar-refractivity contribution < 1.29 is 72.5 Å². The molecule has 0 unspecified atom stereocenters. The number of guanidine groups is 2. The van der Waals surface area contributed by atoms with Crippen molar-refractivity contribution >= 4 is 99.5 Å². The first-order valence-electron chi connectivity index (χ1n) is 37.9. The summed E-state index contributed by atoms with van der Waals surface area (Å²) in [4.78, 5) is 183. The Labute approximate surface area is 666 Å². The summed E-state index contributed by atoms with van der Waals surface area (Å²) in [6.07, 6.45) is -0.954.